The molecule has 0 aromatic heterocycles. The Kier molecular flexibility index (Phi) is 2.53. The van der Waals surface area contributed by atoms with Crippen LogP contribution in [0.2, 0.25) is 0 Å². The average Bonchev–Trinajstić information content (AvgIpc) is 2.34. The Bertz CT molecular complexity index is 491. The molecule has 0 aliphatic carbocycles. The van der Waals surface area contributed by atoms with Crippen LogP contribution >= 0.6 is 0 Å². The van der Waals surface area contributed by atoms with Crippen LogP contribution in [0.15, 0.2) is 18.2 Å². The van der Waals surface area contributed by atoms with E-state index in [0.29, 0.717) is 13.2 Å². The van der Waals surface area contributed by atoms with Crippen LogP contribution < -0.4 is 15.0 Å². The number of rotatable bonds is 2. The zero-order valence-corrected chi connectivity index (χ0v) is 10.5. The minimum atomic E-state index is -0.129. The van der Waals surface area contributed by atoms with Gasteiger partial charge in [-0.15, -0.1) is 0 Å². The van der Waals surface area contributed by atoms with Gasteiger partial charge in [0.05, 0.1) is 24.4 Å². The van der Waals surface area contributed by atoms with Crippen LogP contribution in [-0.4, -0.2) is 39.8 Å². The quantitative estimate of drug-likeness (QED) is 0.827. The fraction of sp³-hybridized carbons (Fsp3) is 0.462. The lowest BCUT2D eigenvalue weighted by atomic mass is 9.87. The molecule has 0 unspecified atom stereocenters. The predicted molar refractivity (Wildman–Crippen MR) is 66.9 cm³/mol. The lowest BCUT2D eigenvalue weighted by molar-refractivity contribution is -0.121. The molecule has 5 nitrogen and oxygen atoms in total. The summed E-state index contributed by atoms with van der Waals surface area (Å²) in [6.45, 7) is 1.42. The first-order chi connectivity index (χ1) is 8.66. The summed E-state index contributed by atoms with van der Waals surface area (Å²) in [6.07, 6.45) is 0. The number of amides is 1. The molecule has 2 aliphatic rings. The van der Waals surface area contributed by atoms with Crippen molar-refractivity contribution in [2.24, 2.45) is 0 Å². The summed E-state index contributed by atoms with van der Waals surface area (Å²) in [6, 6.07) is 5.96. The zero-order valence-electron chi connectivity index (χ0n) is 10.5. The fourth-order valence-electron chi connectivity index (χ4n) is 2.33. The Balaban J connectivity index is 2.02. The third-order valence-electron chi connectivity index (χ3n) is 3.77. The highest BCUT2D eigenvalue weighted by Gasteiger charge is 2.39. The topological polar surface area (TPSA) is 50.8 Å². The van der Waals surface area contributed by atoms with Crippen molar-refractivity contribution in [2.75, 3.05) is 38.8 Å². The molecule has 3 rings (SSSR count). The maximum Gasteiger partial charge on any atom is 0.264 e. The van der Waals surface area contributed by atoms with Gasteiger partial charge in [0.15, 0.2) is 6.61 Å². The monoisotopic (exact) mass is 248 g/mol. The first-order valence-electron chi connectivity index (χ1n) is 5.97. The van der Waals surface area contributed by atoms with E-state index in [2.05, 4.69) is 5.32 Å². The van der Waals surface area contributed by atoms with E-state index in [-0.39, 0.29) is 18.1 Å². The molecule has 5 heteroatoms. The molecule has 2 heterocycles. The van der Waals surface area contributed by atoms with E-state index >= 15 is 0 Å². The molecular formula is C13H16N2O3. The molecule has 18 heavy (non-hydrogen) atoms. The molecular weight excluding hydrogens is 232 g/mol. The number of nitrogens with zero attached hydrogens (tertiary/aromatic N) is 1. The fourth-order valence-corrected chi connectivity index (χ4v) is 2.33. The Morgan fingerprint density at radius 2 is 2.17 bits per heavy atom. The van der Waals surface area contributed by atoms with Crippen LogP contribution in [0.4, 0.5) is 5.69 Å². The number of hydrogen-bond donors (Lipinski definition) is 1. The van der Waals surface area contributed by atoms with Crippen molar-refractivity contribution in [1.29, 1.82) is 0 Å². The normalized spacial score (nSPS) is 21.0. The summed E-state index contributed by atoms with van der Waals surface area (Å²) in [7, 11) is 3.70. The Labute approximate surface area is 106 Å². The van der Waals surface area contributed by atoms with Gasteiger partial charge in [-0.25, -0.2) is 0 Å². The van der Waals surface area contributed by atoms with Crippen LogP contribution in [0.3, 0.4) is 0 Å². The van der Waals surface area contributed by atoms with Crippen molar-refractivity contribution in [3.8, 4) is 5.75 Å². The highest BCUT2D eigenvalue weighted by molar-refractivity contribution is 5.97. The molecule has 1 saturated heterocycles. The van der Waals surface area contributed by atoms with Gasteiger partial charge in [-0.05, 0) is 24.7 Å². The van der Waals surface area contributed by atoms with E-state index < -0.39 is 0 Å². The minimum Gasteiger partial charge on any atom is -0.482 e. The van der Waals surface area contributed by atoms with E-state index in [4.69, 9.17) is 9.47 Å². The molecule has 1 aromatic carbocycles. The molecule has 2 aliphatic heterocycles. The van der Waals surface area contributed by atoms with Crippen LogP contribution in [-0.2, 0) is 15.1 Å². The molecule has 0 radical (unpaired) electrons. The smallest absolute Gasteiger partial charge is 0.264 e. The Morgan fingerprint density at radius 3 is 2.78 bits per heavy atom. The minimum absolute atomic E-state index is 0.0250. The molecule has 96 valence electrons. The van der Waals surface area contributed by atoms with E-state index in [1.165, 1.54) is 0 Å². The van der Waals surface area contributed by atoms with Gasteiger partial charge in [-0.1, -0.05) is 6.07 Å². The van der Waals surface area contributed by atoms with Crippen molar-refractivity contribution in [3.05, 3.63) is 23.8 Å². The third-order valence-corrected chi connectivity index (χ3v) is 3.77. The van der Waals surface area contributed by atoms with Crippen molar-refractivity contribution in [1.82, 2.24) is 5.32 Å². The van der Waals surface area contributed by atoms with Crippen molar-refractivity contribution < 1.29 is 14.3 Å². The highest BCUT2D eigenvalue weighted by Crippen LogP contribution is 2.37. The van der Waals surface area contributed by atoms with Crippen LogP contribution in [0, 0.1) is 0 Å². The van der Waals surface area contributed by atoms with Crippen LogP contribution in [0.25, 0.3) is 0 Å². The molecule has 0 bridgehead atoms. The Morgan fingerprint density at radius 1 is 1.39 bits per heavy atom. The molecule has 1 amide bonds. The predicted octanol–water partition coefficient (Wildman–Crippen LogP) is 0.487. The second-order valence-corrected chi connectivity index (χ2v) is 4.75. The van der Waals surface area contributed by atoms with Crippen molar-refractivity contribution >= 4 is 11.6 Å². The maximum atomic E-state index is 11.6. The SMILES string of the molecule is CNC1(c2ccc3c(c2)N(C)C(=O)CO3)COC1. The van der Waals surface area contributed by atoms with Crippen molar-refractivity contribution in [3.63, 3.8) is 0 Å². The largest absolute Gasteiger partial charge is 0.482 e. The first-order valence-corrected chi connectivity index (χ1v) is 5.97. The standard InChI is InChI=1S/C13H16N2O3/c1-14-13(7-17-8-13)9-3-4-11-10(5-9)15(2)12(16)6-18-11/h3-5,14H,6-8H2,1-2H3. The number of nitrogens with one attached hydrogen (secondary N) is 1. The number of hydrogen-bond acceptors (Lipinski definition) is 4. The molecule has 1 fully saturated rings. The number of benzene rings is 1. The molecule has 1 aromatic rings. The molecule has 0 spiro atoms. The second-order valence-electron chi connectivity index (χ2n) is 4.75. The first kappa shape index (κ1) is 11.5. The van der Waals surface area contributed by atoms with Gasteiger partial charge in [0.2, 0.25) is 0 Å². The number of likely N-dealkylation sites (N-methyl/N-ethyl adjacent to an activating group) is 2. The van der Waals surface area contributed by atoms with Gasteiger partial charge in [-0.3, -0.25) is 4.79 Å². The summed E-state index contributed by atoms with van der Waals surface area (Å²) < 4.78 is 10.7. The molecule has 1 N–H and O–H groups in total. The zero-order chi connectivity index (χ0) is 12.8. The number of carbonyl (C=O) groups is 1. The van der Waals surface area contributed by atoms with Crippen molar-refractivity contribution in [2.45, 2.75) is 5.54 Å². The summed E-state index contributed by atoms with van der Waals surface area (Å²) in [5.41, 5.74) is 1.82. The number of fused-ring (bicyclic) bond motifs is 1. The van der Waals surface area contributed by atoms with E-state index in [9.17, 15) is 4.79 Å². The molecule has 0 atom stereocenters. The highest BCUT2D eigenvalue weighted by atomic mass is 16.5. The molecule has 0 saturated carbocycles. The summed E-state index contributed by atoms with van der Waals surface area (Å²) in [4.78, 5) is 13.3. The van der Waals surface area contributed by atoms with Gasteiger partial charge >= 0.3 is 0 Å². The lowest BCUT2D eigenvalue weighted by Crippen LogP contribution is -2.56. The van der Waals surface area contributed by atoms with Gasteiger partial charge in [0.1, 0.15) is 5.75 Å². The number of carbonyl (C=O) groups excluding carboxylic acids is 1. The van der Waals surface area contributed by atoms with E-state index in [1.807, 2.05) is 25.2 Å². The average molecular weight is 248 g/mol. The van der Waals surface area contributed by atoms with Crippen LogP contribution in [0.5, 0.6) is 5.75 Å². The second kappa shape index (κ2) is 3.96. The summed E-state index contributed by atoms with van der Waals surface area (Å²) >= 11 is 0. The maximum absolute atomic E-state index is 11.6. The Hall–Kier alpha value is -1.59. The van der Waals surface area contributed by atoms with E-state index in [1.54, 1.807) is 11.9 Å². The summed E-state index contributed by atoms with van der Waals surface area (Å²) in [5, 5.41) is 3.29. The lowest BCUT2D eigenvalue weighted by Gasteiger charge is -2.42. The number of anilines is 1. The van der Waals surface area contributed by atoms with E-state index in [0.717, 1.165) is 17.0 Å². The van der Waals surface area contributed by atoms with Gasteiger partial charge in [-0.2, -0.15) is 0 Å². The van der Waals surface area contributed by atoms with Gasteiger partial charge < -0.3 is 19.7 Å². The third kappa shape index (κ3) is 1.51. The summed E-state index contributed by atoms with van der Waals surface area (Å²) in [5.74, 6) is 0.732. The van der Waals surface area contributed by atoms with Gasteiger partial charge in [0.25, 0.3) is 5.91 Å². The number of ether oxygens (including phenoxy) is 2. The van der Waals surface area contributed by atoms with Crippen LogP contribution in [0.1, 0.15) is 5.56 Å². The van der Waals surface area contributed by atoms with Gasteiger partial charge in [0, 0.05) is 7.05 Å².